The number of hydrogen-bond acceptors (Lipinski definition) is 2. The topological polar surface area (TPSA) is 46.9 Å². The molecule has 1 aromatic heterocycles. The zero-order valence-corrected chi connectivity index (χ0v) is 13.6. The van der Waals surface area contributed by atoms with E-state index in [1.807, 2.05) is 12.1 Å². The van der Waals surface area contributed by atoms with Crippen LogP contribution < -0.4 is 5.32 Å². The van der Waals surface area contributed by atoms with Crippen LogP contribution in [0.3, 0.4) is 0 Å². The van der Waals surface area contributed by atoms with Gasteiger partial charge in [0.25, 0.3) is 5.91 Å². The van der Waals surface area contributed by atoms with Gasteiger partial charge in [-0.05, 0) is 45.8 Å². The minimum atomic E-state index is -0.268. The Morgan fingerprint density at radius 1 is 1.17 bits per heavy atom. The van der Waals surface area contributed by atoms with Gasteiger partial charge in [0.15, 0.2) is 0 Å². The van der Waals surface area contributed by atoms with E-state index in [0.717, 1.165) is 10.0 Å². The van der Waals surface area contributed by atoms with Crippen molar-refractivity contribution < 1.29 is 9.18 Å². The van der Waals surface area contributed by atoms with Gasteiger partial charge < -0.3 is 5.32 Å². The first-order chi connectivity index (χ1) is 11.1. The van der Waals surface area contributed by atoms with E-state index in [4.69, 9.17) is 0 Å². The fraction of sp³-hybridized carbons (Fsp3) is 0.0588. The number of amides is 1. The van der Waals surface area contributed by atoms with Gasteiger partial charge in [0.1, 0.15) is 5.82 Å². The normalized spacial score (nSPS) is 10.5. The first-order valence-corrected chi connectivity index (χ1v) is 7.74. The van der Waals surface area contributed by atoms with Gasteiger partial charge in [-0.2, -0.15) is 5.10 Å². The van der Waals surface area contributed by atoms with Gasteiger partial charge in [0.2, 0.25) is 0 Å². The third kappa shape index (κ3) is 3.84. The number of carbonyl (C=O) groups excluding carboxylic acids is 1. The fourth-order valence-electron chi connectivity index (χ4n) is 2.14. The number of nitrogens with one attached hydrogen (secondary N) is 1. The van der Waals surface area contributed by atoms with Crippen molar-refractivity contribution in [3.05, 3.63) is 82.3 Å². The molecular formula is C17H13BrFN3O. The minimum Gasteiger partial charge on any atom is -0.319 e. The molecule has 23 heavy (non-hydrogen) atoms. The van der Waals surface area contributed by atoms with E-state index in [2.05, 4.69) is 26.3 Å². The van der Waals surface area contributed by atoms with Crippen LogP contribution in [0.2, 0.25) is 0 Å². The van der Waals surface area contributed by atoms with Gasteiger partial charge in [-0.3, -0.25) is 9.48 Å². The van der Waals surface area contributed by atoms with Crippen molar-refractivity contribution in [1.82, 2.24) is 9.78 Å². The van der Waals surface area contributed by atoms with Crippen molar-refractivity contribution in [3.8, 4) is 0 Å². The molecule has 1 N–H and O–H groups in total. The van der Waals surface area contributed by atoms with Crippen molar-refractivity contribution in [2.45, 2.75) is 6.54 Å². The van der Waals surface area contributed by atoms with Gasteiger partial charge in [-0.1, -0.05) is 24.3 Å². The fourth-order valence-corrected chi connectivity index (χ4v) is 2.60. The van der Waals surface area contributed by atoms with Crippen LogP contribution >= 0.6 is 15.9 Å². The van der Waals surface area contributed by atoms with Gasteiger partial charge in [0, 0.05) is 10.7 Å². The van der Waals surface area contributed by atoms with E-state index >= 15 is 0 Å². The zero-order chi connectivity index (χ0) is 16.2. The molecule has 0 atom stereocenters. The second-order valence-electron chi connectivity index (χ2n) is 4.99. The van der Waals surface area contributed by atoms with Crippen LogP contribution in [-0.2, 0) is 6.54 Å². The molecule has 0 unspecified atom stereocenters. The summed E-state index contributed by atoms with van der Waals surface area (Å²) in [5.74, 6) is -0.477. The minimum absolute atomic E-state index is 0.209. The number of aromatic nitrogens is 2. The summed E-state index contributed by atoms with van der Waals surface area (Å²) >= 11 is 3.35. The maximum absolute atomic E-state index is 12.9. The van der Waals surface area contributed by atoms with Crippen LogP contribution in [0.25, 0.3) is 0 Å². The molecule has 2 aromatic carbocycles. The smallest absolute Gasteiger partial charge is 0.256 e. The average Bonchev–Trinajstić information content (AvgIpc) is 2.97. The molecule has 1 amide bonds. The standard InChI is InChI=1S/C17H13BrFN3O/c18-16-4-2-1-3-15(16)17(23)21-14-9-20-22(11-14)10-12-5-7-13(19)8-6-12/h1-9,11H,10H2,(H,21,23). The molecule has 0 aliphatic rings. The van der Waals surface area contributed by atoms with E-state index in [-0.39, 0.29) is 11.7 Å². The Morgan fingerprint density at radius 3 is 2.65 bits per heavy atom. The second-order valence-corrected chi connectivity index (χ2v) is 5.84. The van der Waals surface area contributed by atoms with Crippen LogP contribution in [-0.4, -0.2) is 15.7 Å². The van der Waals surface area contributed by atoms with Gasteiger partial charge in [-0.15, -0.1) is 0 Å². The first kappa shape index (κ1) is 15.4. The molecule has 0 radical (unpaired) electrons. The van der Waals surface area contributed by atoms with E-state index in [9.17, 15) is 9.18 Å². The Kier molecular flexibility index (Phi) is 4.52. The van der Waals surface area contributed by atoms with Crippen molar-refractivity contribution >= 4 is 27.5 Å². The summed E-state index contributed by atoms with van der Waals surface area (Å²) in [5, 5.41) is 7.00. The first-order valence-electron chi connectivity index (χ1n) is 6.94. The van der Waals surface area contributed by atoms with Crippen molar-refractivity contribution in [3.63, 3.8) is 0 Å². The molecular weight excluding hydrogens is 361 g/mol. The number of rotatable bonds is 4. The molecule has 0 bridgehead atoms. The molecule has 3 rings (SSSR count). The molecule has 0 aliphatic carbocycles. The van der Waals surface area contributed by atoms with Gasteiger partial charge >= 0.3 is 0 Å². The zero-order valence-electron chi connectivity index (χ0n) is 12.0. The highest BCUT2D eigenvalue weighted by Crippen LogP contribution is 2.18. The number of halogens is 2. The highest BCUT2D eigenvalue weighted by Gasteiger charge is 2.10. The SMILES string of the molecule is O=C(Nc1cnn(Cc2ccc(F)cc2)c1)c1ccccc1Br. The van der Waals surface area contributed by atoms with Gasteiger partial charge in [-0.25, -0.2) is 4.39 Å². The molecule has 0 aliphatic heterocycles. The molecule has 6 heteroatoms. The van der Waals surface area contributed by atoms with Crippen molar-refractivity contribution in [2.75, 3.05) is 5.32 Å². The lowest BCUT2D eigenvalue weighted by Crippen LogP contribution is -2.12. The van der Waals surface area contributed by atoms with Gasteiger partial charge in [0.05, 0.1) is 24.0 Å². The lowest BCUT2D eigenvalue weighted by atomic mass is 10.2. The quantitative estimate of drug-likeness (QED) is 0.748. The summed E-state index contributed by atoms with van der Waals surface area (Å²) < 4.78 is 15.3. The van der Waals surface area contributed by atoms with E-state index in [0.29, 0.717) is 17.8 Å². The Bertz CT molecular complexity index is 830. The van der Waals surface area contributed by atoms with Crippen molar-refractivity contribution in [1.29, 1.82) is 0 Å². The molecule has 0 saturated carbocycles. The molecule has 0 fully saturated rings. The van der Waals surface area contributed by atoms with E-state index < -0.39 is 0 Å². The summed E-state index contributed by atoms with van der Waals surface area (Å²) in [4.78, 5) is 12.2. The molecule has 116 valence electrons. The monoisotopic (exact) mass is 373 g/mol. The molecule has 4 nitrogen and oxygen atoms in total. The highest BCUT2D eigenvalue weighted by atomic mass is 79.9. The van der Waals surface area contributed by atoms with E-state index in [1.54, 1.807) is 41.3 Å². The number of hydrogen-bond donors (Lipinski definition) is 1. The Labute approximate surface area is 141 Å². The van der Waals surface area contributed by atoms with Crippen molar-refractivity contribution in [2.24, 2.45) is 0 Å². The third-order valence-electron chi connectivity index (χ3n) is 3.27. The van der Waals surface area contributed by atoms with Crippen LogP contribution in [0.1, 0.15) is 15.9 Å². The summed E-state index contributed by atoms with van der Waals surface area (Å²) in [6.07, 6.45) is 3.32. The number of nitrogens with zero attached hydrogens (tertiary/aromatic N) is 2. The summed E-state index contributed by atoms with van der Waals surface area (Å²) in [6.45, 7) is 0.505. The molecule has 3 aromatic rings. The largest absolute Gasteiger partial charge is 0.319 e. The average molecular weight is 374 g/mol. The third-order valence-corrected chi connectivity index (χ3v) is 3.96. The molecule has 0 spiro atoms. The Hall–Kier alpha value is -2.47. The predicted molar refractivity (Wildman–Crippen MR) is 89.8 cm³/mol. The van der Waals surface area contributed by atoms with Crippen LogP contribution in [0.5, 0.6) is 0 Å². The molecule has 1 heterocycles. The number of anilines is 1. The lowest BCUT2D eigenvalue weighted by Gasteiger charge is -2.04. The summed E-state index contributed by atoms with van der Waals surface area (Å²) in [7, 11) is 0. The Morgan fingerprint density at radius 2 is 1.91 bits per heavy atom. The Balaban J connectivity index is 1.69. The van der Waals surface area contributed by atoms with Crippen LogP contribution in [0, 0.1) is 5.82 Å². The number of benzene rings is 2. The maximum atomic E-state index is 12.9. The lowest BCUT2D eigenvalue weighted by molar-refractivity contribution is 0.102. The van der Waals surface area contributed by atoms with Crippen LogP contribution in [0.4, 0.5) is 10.1 Å². The highest BCUT2D eigenvalue weighted by molar-refractivity contribution is 9.10. The summed E-state index contributed by atoms with van der Waals surface area (Å²) in [5.41, 5.74) is 2.09. The predicted octanol–water partition coefficient (Wildman–Crippen LogP) is 4.09. The molecule has 0 saturated heterocycles. The maximum Gasteiger partial charge on any atom is 0.256 e. The number of carbonyl (C=O) groups is 1. The van der Waals surface area contributed by atoms with Crippen LogP contribution in [0.15, 0.2) is 65.4 Å². The van der Waals surface area contributed by atoms with E-state index in [1.165, 1.54) is 12.1 Å². The second kappa shape index (κ2) is 6.75. The summed E-state index contributed by atoms with van der Waals surface area (Å²) in [6, 6.07) is 13.4.